The van der Waals surface area contributed by atoms with Crippen LogP contribution >= 0.6 is 0 Å². The van der Waals surface area contributed by atoms with Crippen molar-refractivity contribution in [1.29, 1.82) is 5.26 Å². The number of carbonyl (C=O) groups is 3. The summed E-state index contributed by atoms with van der Waals surface area (Å²) in [5.74, 6) is -1.99. The fraction of sp³-hybridized carbons (Fsp3) is 0.778. The molecule has 0 spiro atoms. The van der Waals surface area contributed by atoms with Gasteiger partial charge in [-0.15, -0.1) is 0 Å². The quantitative estimate of drug-likeness (QED) is 0.550. The number of rotatable bonds is 5. The third-order valence-electron chi connectivity index (χ3n) is 6.29. The molecule has 136 valence electrons. The number of hydrogen-bond acceptors (Lipinski definition) is 7. The van der Waals surface area contributed by atoms with E-state index in [4.69, 9.17) is 14.2 Å². The summed E-state index contributed by atoms with van der Waals surface area (Å²) in [6.07, 6.45) is 0.965. The molecular weight excluding hydrogens is 326 g/mol. The van der Waals surface area contributed by atoms with Crippen molar-refractivity contribution in [2.75, 3.05) is 6.61 Å². The first-order valence-electron chi connectivity index (χ1n) is 8.62. The van der Waals surface area contributed by atoms with Gasteiger partial charge in [0.15, 0.2) is 17.6 Å². The Kier molecular flexibility index (Phi) is 3.86. The first kappa shape index (κ1) is 17.7. The van der Waals surface area contributed by atoms with Crippen molar-refractivity contribution < 1.29 is 28.6 Å². The van der Waals surface area contributed by atoms with Gasteiger partial charge in [0, 0.05) is 11.8 Å². The summed E-state index contributed by atoms with van der Waals surface area (Å²) in [5, 5.41) is 9.45. The van der Waals surface area contributed by atoms with Crippen LogP contribution in [0.25, 0.3) is 0 Å². The van der Waals surface area contributed by atoms with Crippen molar-refractivity contribution in [1.82, 2.24) is 0 Å². The summed E-state index contributed by atoms with van der Waals surface area (Å²) in [6, 6.07) is 2.13. The van der Waals surface area contributed by atoms with Crippen LogP contribution in [0.2, 0.25) is 0 Å². The molecule has 3 fully saturated rings. The Morgan fingerprint density at radius 2 is 2.12 bits per heavy atom. The molecule has 0 N–H and O–H groups in total. The van der Waals surface area contributed by atoms with Crippen LogP contribution in [0.5, 0.6) is 0 Å². The molecule has 0 aromatic heterocycles. The number of hydrogen-bond donors (Lipinski definition) is 0. The van der Waals surface area contributed by atoms with Crippen LogP contribution < -0.4 is 0 Å². The Labute approximate surface area is 146 Å². The average Bonchev–Trinajstić information content (AvgIpc) is 3.12. The molecule has 3 rings (SSSR count). The van der Waals surface area contributed by atoms with E-state index in [1.165, 1.54) is 0 Å². The maximum atomic E-state index is 12.2. The van der Waals surface area contributed by atoms with Crippen molar-refractivity contribution in [2.24, 2.45) is 22.7 Å². The summed E-state index contributed by atoms with van der Waals surface area (Å²) in [4.78, 5) is 36.3. The highest BCUT2D eigenvalue weighted by Crippen LogP contribution is 2.66. The lowest BCUT2D eigenvalue weighted by Gasteiger charge is -2.35. The van der Waals surface area contributed by atoms with Crippen LogP contribution in [0, 0.1) is 34.0 Å². The van der Waals surface area contributed by atoms with E-state index < -0.39 is 47.0 Å². The summed E-state index contributed by atoms with van der Waals surface area (Å²) in [6.45, 7) is 6.61. The molecule has 2 saturated carbocycles. The highest BCUT2D eigenvalue weighted by molar-refractivity contribution is 5.85. The first-order chi connectivity index (χ1) is 11.6. The lowest BCUT2D eigenvalue weighted by Crippen LogP contribution is -2.49. The molecule has 3 aliphatic rings. The summed E-state index contributed by atoms with van der Waals surface area (Å²) in [5.41, 5.74) is -2.73. The molecule has 1 heterocycles. The number of esters is 3. The fourth-order valence-electron chi connectivity index (χ4n) is 4.43. The fourth-order valence-corrected chi connectivity index (χ4v) is 4.43. The van der Waals surface area contributed by atoms with Crippen LogP contribution in [-0.4, -0.2) is 36.2 Å². The Bertz CT molecular complexity index is 680. The predicted molar refractivity (Wildman–Crippen MR) is 83.7 cm³/mol. The largest absolute Gasteiger partial charge is 0.455 e. The molecule has 2 aliphatic carbocycles. The second kappa shape index (κ2) is 5.45. The molecular formula is C18H23NO6. The molecule has 7 nitrogen and oxygen atoms in total. The van der Waals surface area contributed by atoms with Crippen LogP contribution in [0.4, 0.5) is 0 Å². The second-order valence-corrected chi connectivity index (χ2v) is 8.13. The van der Waals surface area contributed by atoms with Crippen molar-refractivity contribution in [2.45, 2.75) is 58.7 Å². The van der Waals surface area contributed by atoms with Crippen molar-refractivity contribution in [3.63, 3.8) is 0 Å². The van der Waals surface area contributed by atoms with Gasteiger partial charge in [0.1, 0.15) is 6.10 Å². The van der Waals surface area contributed by atoms with E-state index in [0.29, 0.717) is 19.3 Å². The lowest BCUT2D eigenvalue weighted by atomic mass is 9.69. The zero-order valence-corrected chi connectivity index (χ0v) is 15.0. The van der Waals surface area contributed by atoms with Gasteiger partial charge in [-0.2, -0.15) is 5.26 Å². The molecule has 5 atom stereocenters. The van der Waals surface area contributed by atoms with Gasteiger partial charge in [0.05, 0.1) is 11.5 Å². The number of nitriles is 1. The van der Waals surface area contributed by atoms with Crippen LogP contribution in [0.1, 0.15) is 47.0 Å². The van der Waals surface area contributed by atoms with Crippen molar-refractivity contribution >= 4 is 17.9 Å². The zero-order chi connectivity index (χ0) is 18.6. The van der Waals surface area contributed by atoms with E-state index >= 15 is 0 Å². The lowest BCUT2D eigenvalue weighted by molar-refractivity contribution is -0.181. The van der Waals surface area contributed by atoms with Crippen LogP contribution in [0.3, 0.4) is 0 Å². The third-order valence-corrected chi connectivity index (χ3v) is 6.29. The molecule has 0 amide bonds. The van der Waals surface area contributed by atoms with E-state index in [9.17, 15) is 19.6 Å². The zero-order valence-electron chi connectivity index (χ0n) is 15.0. The summed E-state index contributed by atoms with van der Waals surface area (Å²) in [7, 11) is 0. The third kappa shape index (κ3) is 2.34. The minimum Gasteiger partial charge on any atom is -0.455 e. The topological polar surface area (TPSA) is 103 Å². The molecule has 2 bridgehead atoms. The SMILES string of the molecule is CCC(C)(C)C(=O)OCC(=O)OC1C2CC3C(C#N)(C2)C(=O)OC13C. The van der Waals surface area contributed by atoms with Gasteiger partial charge in [-0.1, -0.05) is 6.92 Å². The number of nitrogens with zero attached hydrogens (tertiary/aromatic N) is 1. The molecule has 5 unspecified atom stereocenters. The smallest absolute Gasteiger partial charge is 0.344 e. The monoisotopic (exact) mass is 349 g/mol. The summed E-state index contributed by atoms with van der Waals surface area (Å²) >= 11 is 0. The van der Waals surface area contributed by atoms with Gasteiger partial charge in [-0.25, -0.2) is 4.79 Å². The molecule has 1 aliphatic heterocycles. The van der Waals surface area contributed by atoms with Gasteiger partial charge in [-0.05, 0) is 40.0 Å². The summed E-state index contributed by atoms with van der Waals surface area (Å²) < 4.78 is 16.0. The number of ether oxygens (including phenoxy) is 3. The average molecular weight is 349 g/mol. The molecule has 0 aromatic rings. The maximum Gasteiger partial charge on any atom is 0.344 e. The maximum absolute atomic E-state index is 12.2. The molecule has 1 saturated heterocycles. The van der Waals surface area contributed by atoms with Gasteiger partial charge < -0.3 is 14.2 Å². The standard InChI is InChI=1S/C18H23NO6/c1-5-16(2,3)14(21)23-8-12(20)24-13-10-6-11-17(13,4)25-15(22)18(11,7-10)9-19/h10-11,13H,5-8H2,1-4H3. The minimum absolute atomic E-state index is 0.0900. The van der Waals surface area contributed by atoms with E-state index in [-0.39, 0.29) is 11.8 Å². The highest BCUT2D eigenvalue weighted by Gasteiger charge is 2.77. The highest BCUT2D eigenvalue weighted by atomic mass is 16.6. The van der Waals surface area contributed by atoms with Crippen molar-refractivity contribution in [3.8, 4) is 6.07 Å². The van der Waals surface area contributed by atoms with Gasteiger partial charge in [0.2, 0.25) is 0 Å². The van der Waals surface area contributed by atoms with Gasteiger partial charge >= 0.3 is 17.9 Å². The van der Waals surface area contributed by atoms with E-state index in [2.05, 4.69) is 6.07 Å². The van der Waals surface area contributed by atoms with E-state index in [1.54, 1.807) is 20.8 Å². The van der Waals surface area contributed by atoms with E-state index in [0.717, 1.165) is 0 Å². The van der Waals surface area contributed by atoms with E-state index in [1.807, 2.05) is 6.92 Å². The Morgan fingerprint density at radius 1 is 1.44 bits per heavy atom. The van der Waals surface area contributed by atoms with Crippen molar-refractivity contribution in [3.05, 3.63) is 0 Å². The van der Waals surface area contributed by atoms with Gasteiger partial charge in [-0.3, -0.25) is 9.59 Å². The minimum atomic E-state index is -1.10. The molecule has 0 aromatic carbocycles. The Balaban J connectivity index is 1.64. The van der Waals surface area contributed by atoms with Gasteiger partial charge in [0.25, 0.3) is 0 Å². The molecule has 25 heavy (non-hydrogen) atoms. The normalized spacial score (nSPS) is 38.2. The van der Waals surface area contributed by atoms with Crippen LogP contribution in [0.15, 0.2) is 0 Å². The Hall–Kier alpha value is -2.10. The second-order valence-electron chi connectivity index (χ2n) is 8.13. The number of carbonyl (C=O) groups excluding carboxylic acids is 3. The van der Waals surface area contributed by atoms with Crippen LogP contribution in [-0.2, 0) is 28.6 Å². The number of fused-ring (bicyclic) bond motifs is 1. The first-order valence-corrected chi connectivity index (χ1v) is 8.62. The molecule has 0 radical (unpaired) electrons. The predicted octanol–water partition coefficient (Wildman–Crippen LogP) is 1.74. The Morgan fingerprint density at radius 3 is 2.72 bits per heavy atom. The molecule has 7 heteroatoms.